The molecule has 0 bridgehead atoms. The van der Waals surface area contributed by atoms with Gasteiger partial charge in [0.15, 0.2) is 6.10 Å². The molecule has 0 aromatic rings. The molecule has 0 spiro atoms. The standard InChI is InChI=1S/C37H72O5S2/c1-3-5-7-9-17-23-29-43-31-25-19-13-11-15-21-27-36(39)41-34-35(33-38)42-37(40)28-22-16-12-14-20-26-32-44-30-24-18-10-8-6-4-2/h35,38H,3-34H2,1-2H3. The van der Waals surface area contributed by atoms with E-state index in [9.17, 15) is 14.7 Å². The molecule has 0 aliphatic heterocycles. The lowest BCUT2D eigenvalue weighted by Crippen LogP contribution is -2.28. The highest BCUT2D eigenvalue weighted by Crippen LogP contribution is 2.15. The van der Waals surface area contributed by atoms with Gasteiger partial charge in [-0.1, -0.05) is 129 Å². The smallest absolute Gasteiger partial charge is 0.306 e. The summed E-state index contributed by atoms with van der Waals surface area (Å²) >= 11 is 4.20. The minimum Gasteiger partial charge on any atom is -0.462 e. The van der Waals surface area contributed by atoms with Crippen molar-refractivity contribution in [2.24, 2.45) is 0 Å². The Morgan fingerprint density at radius 1 is 0.500 bits per heavy atom. The topological polar surface area (TPSA) is 72.8 Å². The summed E-state index contributed by atoms with van der Waals surface area (Å²) in [5, 5.41) is 9.54. The van der Waals surface area contributed by atoms with Crippen molar-refractivity contribution in [3.05, 3.63) is 0 Å². The SMILES string of the molecule is CCCCCCCCSCCCCCCCCC(=O)OCC(CO)OC(=O)CCCCCCCCSCCCCCCCC. The molecule has 0 fully saturated rings. The Kier molecular flexibility index (Phi) is 36.7. The van der Waals surface area contributed by atoms with Gasteiger partial charge in [0.25, 0.3) is 0 Å². The van der Waals surface area contributed by atoms with Crippen molar-refractivity contribution < 1.29 is 24.2 Å². The molecule has 7 heteroatoms. The summed E-state index contributed by atoms with van der Waals surface area (Å²) in [4.78, 5) is 24.2. The van der Waals surface area contributed by atoms with Gasteiger partial charge >= 0.3 is 11.9 Å². The van der Waals surface area contributed by atoms with Crippen LogP contribution in [0.25, 0.3) is 0 Å². The number of esters is 2. The van der Waals surface area contributed by atoms with E-state index in [2.05, 4.69) is 37.4 Å². The van der Waals surface area contributed by atoms with Gasteiger partial charge in [-0.15, -0.1) is 0 Å². The van der Waals surface area contributed by atoms with E-state index < -0.39 is 6.10 Å². The summed E-state index contributed by atoms with van der Waals surface area (Å²) in [6.45, 7) is 4.14. The number of carbonyl (C=O) groups excluding carboxylic acids is 2. The highest BCUT2D eigenvalue weighted by atomic mass is 32.2. The molecule has 0 saturated carbocycles. The molecule has 0 aliphatic rings. The second-order valence-corrected chi connectivity index (χ2v) is 14.9. The summed E-state index contributed by atoms with van der Waals surface area (Å²) < 4.78 is 10.6. The fourth-order valence-electron chi connectivity index (χ4n) is 5.16. The molecule has 44 heavy (non-hydrogen) atoms. The minimum atomic E-state index is -0.765. The predicted octanol–water partition coefficient (Wildman–Crippen LogP) is 11.1. The number of unbranched alkanes of at least 4 members (excludes halogenated alkanes) is 20. The number of hydrogen-bond acceptors (Lipinski definition) is 7. The van der Waals surface area contributed by atoms with E-state index in [1.54, 1.807) is 0 Å². The summed E-state index contributed by atoms with van der Waals surface area (Å²) in [5.41, 5.74) is 0. The fraction of sp³-hybridized carbons (Fsp3) is 0.946. The maximum Gasteiger partial charge on any atom is 0.306 e. The highest BCUT2D eigenvalue weighted by Gasteiger charge is 2.16. The first-order valence-electron chi connectivity index (χ1n) is 18.7. The number of carbonyl (C=O) groups is 2. The van der Waals surface area contributed by atoms with Gasteiger partial charge in [0, 0.05) is 12.8 Å². The van der Waals surface area contributed by atoms with Crippen molar-refractivity contribution >= 4 is 35.5 Å². The van der Waals surface area contributed by atoms with Gasteiger partial charge in [0.05, 0.1) is 6.61 Å². The van der Waals surface area contributed by atoms with Crippen LogP contribution in [0.1, 0.15) is 181 Å². The number of ether oxygens (including phenoxy) is 2. The van der Waals surface area contributed by atoms with E-state index in [1.807, 2.05) is 0 Å². The Bertz CT molecular complexity index is 604. The molecule has 262 valence electrons. The average molecular weight is 661 g/mol. The maximum absolute atomic E-state index is 12.1. The molecule has 0 rings (SSSR count). The normalized spacial score (nSPS) is 12.0. The Balaban J connectivity index is 3.49. The van der Waals surface area contributed by atoms with Gasteiger partial charge < -0.3 is 14.6 Å². The molecule has 0 radical (unpaired) electrons. The number of hydrogen-bond donors (Lipinski definition) is 1. The number of aliphatic hydroxyl groups is 1. The van der Waals surface area contributed by atoms with E-state index in [0.29, 0.717) is 12.8 Å². The molecule has 0 amide bonds. The van der Waals surface area contributed by atoms with Crippen molar-refractivity contribution in [3.63, 3.8) is 0 Å². The van der Waals surface area contributed by atoms with Gasteiger partial charge in [0.1, 0.15) is 6.61 Å². The molecule has 0 saturated heterocycles. The van der Waals surface area contributed by atoms with Crippen molar-refractivity contribution in [2.45, 2.75) is 187 Å². The lowest BCUT2D eigenvalue weighted by Gasteiger charge is -2.15. The van der Waals surface area contributed by atoms with Gasteiger partial charge in [-0.3, -0.25) is 9.59 Å². The number of aliphatic hydroxyl groups excluding tert-OH is 1. The van der Waals surface area contributed by atoms with Crippen LogP contribution in [0.3, 0.4) is 0 Å². The summed E-state index contributed by atoms with van der Waals surface area (Å²) in [5.74, 6) is 4.58. The quantitative estimate of drug-likeness (QED) is 0.0529. The highest BCUT2D eigenvalue weighted by molar-refractivity contribution is 7.99. The fourth-order valence-corrected chi connectivity index (χ4v) is 7.20. The van der Waals surface area contributed by atoms with Crippen LogP contribution in [-0.4, -0.2) is 59.4 Å². The first kappa shape index (κ1) is 43.6. The molecule has 0 aliphatic carbocycles. The molecule has 0 heterocycles. The van der Waals surface area contributed by atoms with Crippen LogP contribution >= 0.6 is 23.5 Å². The average Bonchev–Trinajstić information content (AvgIpc) is 3.02. The van der Waals surface area contributed by atoms with Crippen molar-refractivity contribution in [3.8, 4) is 0 Å². The molecular weight excluding hydrogens is 589 g/mol. The molecule has 5 nitrogen and oxygen atoms in total. The zero-order chi connectivity index (χ0) is 32.2. The van der Waals surface area contributed by atoms with E-state index in [4.69, 9.17) is 9.47 Å². The molecule has 1 unspecified atom stereocenters. The number of rotatable bonds is 36. The van der Waals surface area contributed by atoms with Crippen LogP contribution in [0.2, 0.25) is 0 Å². The Morgan fingerprint density at radius 2 is 0.841 bits per heavy atom. The first-order valence-corrected chi connectivity index (χ1v) is 21.1. The minimum absolute atomic E-state index is 0.0612. The van der Waals surface area contributed by atoms with E-state index >= 15 is 0 Å². The van der Waals surface area contributed by atoms with Gasteiger partial charge in [-0.2, -0.15) is 23.5 Å². The maximum atomic E-state index is 12.1. The molecular formula is C37H72O5S2. The van der Waals surface area contributed by atoms with Gasteiger partial charge in [-0.05, 0) is 61.5 Å². The zero-order valence-electron chi connectivity index (χ0n) is 29.1. The van der Waals surface area contributed by atoms with Crippen LogP contribution in [0, 0.1) is 0 Å². The van der Waals surface area contributed by atoms with E-state index in [-0.39, 0.29) is 25.2 Å². The molecule has 0 aromatic carbocycles. The van der Waals surface area contributed by atoms with Crippen LogP contribution in [-0.2, 0) is 19.1 Å². The molecule has 0 aromatic heterocycles. The zero-order valence-corrected chi connectivity index (χ0v) is 30.7. The Morgan fingerprint density at radius 3 is 1.23 bits per heavy atom. The lowest BCUT2D eigenvalue weighted by atomic mass is 10.1. The lowest BCUT2D eigenvalue weighted by molar-refractivity contribution is -0.161. The van der Waals surface area contributed by atoms with Crippen molar-refractivity contribution in [2.75, 3.05) is 36.2 Å². The Labute approximate surface area is 281 Å². The third kappa shape index (κ3) is 34.5. The third-order valence-electron chi connectivity index (χ3n) is 8.06. The monoisotopic (exact) mass is 660 g/mol. The second kappa shape index (κ2) is 37.1. The summed E-state index contributed by atoms with van der Waals surface area (Å²) in [6.07, 6.45) is 30.1. The summed E-state index contributed by atoms with van der Waals surface area (Å²) in [6, 6.07) is 0. The Hall–Kier alpha value is -0.400. The van der Waals surface area contributed by atoms with Crippen molar-refractivity contribution in [1.82, 2.24) is 0 Å². The van der Waals surface area contributed by atoms with Crippen LogP contribution in [0.5, 0.6) is 0 Å². The van der Waals surface area contributed by atoms with Crippen LogP contribution in [0.15, 0.2) is 0 Å². The van der Waals surface area contributed by atoms with Crippen LogP contribution < -0.4 is 0 Å². The van der Waals surface area contributed by atoms with Gasteiger partial charge in [0.2, 0.25) is 0 Å². The van der Waals surface area contributed by atoms with Crippen LogP contribution in [0.4, 0.5) is 0 Å². The first-order chi connectivity index (χ1) is 21.6. The summed E-state index contributed by atoms with van der Waals surface area (Å²) in [7, 11) is 0. The van der Waals surface area contributed by atoms with Gasteiger partial charge in [-0.25, -0.2) is 0 Å². The van der Waals surface area contributed by atoms with E-state index in [0.717, 1.165) is 38.5 Å². The third-order valence-corrected chi connectivity index (χ3v) is 10.4. The largest absolute Gasteiger partial charge is 0.462 e. The molecule has 1 atom stereocenters. The number of thioether (sulfide) groups is 2. The molecule has 1 N–H and O–H groups in total. The predicted molar refractivity (Wildman–Crippen MR) is 194 cm³/mol. The second-order valence-electron chi connectivity index (χ2n) is 12.5. The van der Waals surface area contributed by atoms with E-state index in [1.165, 1.54) is 139 Å². The van der Waals surface area contributed by atoms with Crippen molar-refractivity contribution in [1.29, 1.82) is 0 Å².